The summed E-state index contributed by atoms with van der Waals surface area (Å²) < 4.78 is 18.2. The molecular weight excluding hydrogens is 203 g/mol. The first-order valence-corrected chi connectivity index (χ1v) is 4.46. The van der Waals surface area contributed by atoms with Gasteiger partial charge >= 0.3 is 5.69 Å². The third-order valence-electron chi connectivity index (χ3n) is 2.33. The van der Waals surface area contributed by atoms with Crippen LogP contribution in [0.15, 0.2) is 12.1 Å². The molecule has 2 N–H and O–H groups in total. The molecule has 0 bridgehead atoms. The summed E-state index contributed by atoms with van der Waals surface area (Å²) in [6.45, 7) is 0.320. The Bertz CT molecular complexity index is 422. The van der Waals surface area contributed by atoms with Gasteiger partial charge in [0.05, 0.1) is 17.6 Å². The van der Waals surface area contributed by atoms with Crippen LogP contribution >= 0.6 is 0 Å². The highest BCUT2D eigenvalue weighted by Crippen LogP contribution is 2.38. The minimum Gasteiger partial charge on any atom is -0.487 e. The minimum atomic E-state index is -0.667. The summed E-state index contributed by atoms with van der Waals surface area (Å²) in [4.78, 5) is 9.98. The summed E-state index contributed by atoms with van der Waals surface area (Å²) in [5.41, 5.74) is 5.72. The highest BCUT2D eigenvalue weighted by molar-refractivity contribution is 5.54. The second-order valence-electron chi connectivity index (χ2n) is 3.34. The van der Waals surface area contributed by atoms with Gasteiger partial charge in [-0.15, -0.1) is 0 Å². The van der Waals surface area contributed by atoms with Gasteiger partial charge in [0, 0.05) is 18.0 Å². The number of halogens is 1. The maximum atomic E-state index is 13.1. The molecule has 1 heterocycles. The molecule has 0 saturated carbocycles. The smallest absolute Gasteiger partial charge is 0.314 e. The van der Waals surface area contributed by atoms with Crippen molar-refractivity contribution in [3.8, 4) is 5.75 Å². The first-order chi connectivity index (χ1) is 7.09. The average Bonchev–Trinajstić information content (AvgIpc) is 2.18. The predicted molar refractivity (Wildman–Crippen MR) is 50.1 cm³/mol. The number of hydrogen-bond donors (Lipinski definition) is 1. The molecule has 0 fully saturated rings. The fraction of sp³-hybridized carbons (Fsp3) is 0.333. The van der Waals surface area contributed by atoms with Gasteiger partial charge in [-0.05, 0) is 6.07 Å². The number of hydrogen-bond acceptors (Lipinski definition) is 4. The van der Waals surface area contributed by atoms with Gasteiger partial charge < -0.3 is 10.5 Å². The number of nitro groups is 1. The Morgan fingerprint density at radius 2 is 2.33 bits per heavy atom. The van der Waals surface area contributed by atoms with Crippen molar-refractivity contribution in [2.24, 2.45) is 5.73 Å². The lowest BCUT2D eigenvalue weighted by Crippen LogP contribution is -2.21. The van der Waals surface area contributed by atoms with Crippen molar-refractivity contribution in [2.75, 3.05) is 6.61 Å². The second-order valence-corrected chi connectivity index (χ2v) is 3.34. The average molecular weight is 212 g/mol. The highest BCUT2D eigenvalue weighted by Gasteiger charge is 2.27. The molecule has 6 heteroatoms. The van der Waals surface area contributed by atoms with Gasteiger partial charge in [0.1, 0.15) is 5.82 Å². The lowest BCUT2D eigenvalue weighted by Gasteiger charge is -2.22. The highest BCUT2D eigenvalue weighted by atomic mass is 19.1. The second kappa shape index (κ2) is 3.47. The summed E-state index contributed by atoms with van der Waals surface area (Å²) >= 11 is 0. The Morgan fingerprint density at radius 3 is 3.00 bits per heavy atom. The normalized spacial score (nSPS) is 19.2. The zero-order chi connectivity index (χ0) is 11.0. The fourth-order valence-electron chi connectivity index (χ4n) is 1.61. The van der Waals surface area contributed by atoms with E-state index in [0.29, 0.717) is 18.6 Å². The van der Waals surface area contributed by atoms with Crippen LogP contribution in [0.1, 0.15) is 18.0 Å². The van der Waals surface area contributed by atoms with Crippen LogP contribution in [0.4, 0.5) is 10.1 Å². The molecule has 0 spiro atoms. The zero-order valence-corrected chi connectivity index (χ0v) is 7.77. The quantitative estimate of drug-likeness (QED) is 0.565. The van der Waals surface area contributed by atoms with Crippen molar-refractivity contribution >= 4 is 5.69 Å². The van der Waals surface area contributed by atoms with Crippen molar-refractivity contribution < 1.29 is 14.1 Å². The molecule has 5 nitrogen and oxygen atoms in total. The Kier molecular flexibility index (Phi) is 2.28. The minimum absolute atomic E-state index is 0.0974. The number of rotatable bonds is 1. The van der Waals surface area contributed by atoms with Crippen LogP contribution in [-0.2, 0) is 0 Å². The van der Waals surface area contributed by atoms with Crippen LogP contribution in [0, 0.1) is 15.9 Å². The molecule has 2 rings (SSSR count). The van der Waals surface area contributed by atoms with Crippen LogP contribution in [0.5, 0.6) is 5.75 Å². The van der Waals surface area contributed by atoms with Crippen LogP contribution in [0.25, 0.3) is 0 Å². The number of benzene rings is 1. The van der Waals surface area contributed by atoms with Crippen molar-refractivity contribution in [2.45, 2.75) is 12.5 Å². The number of ether oxygens (including phenoxy) is 1. The molecule has 0 aliphatic carbocycles. The van der Waals surface area contributed by atoms with Gasteiger partial charge in [-0.25, -0.2) is 4.39 Å². The van der Waals surface area contributed by atoms with Crippen LogP contribution in [0.3, 0.4) is 0 Å². The van der Waals surface area contributed by atoms with E-state index >= 15 is 0 Å². The van der Waals surface area contributed by atoms with Gasteiger partial charge in [0.2, 0.25) is 5.75 Å². The first kappa shape index (κ1) is 9.85. The summed E-state index contributed by atoms with van der Waals surface area (Å²) in [6.07, 6.45) is 0.535. The first-order valence-electron chi connectivity index (χ1n) is 4.46. The molecule has 1 aliphatic rings. The maximum Gasteiger partial charge on any atom is 0.314 e. The number of nitrogens with zero attached hydrogens (tertiary/aromatic N) is 1. The fourth-order valence-corrected chi connectivity index (χ4v) is 1.61. The topological polar surface area (TPSA) is 78.4 Å². The van der Waals surface area contributed by atoms with E-state index in [0.717, 1.165) is 6.07 Å². The predicted octanol–water partition coefficient (Wildman–Crippen LogP) is 1.52. The van der Waals surface area contributed by atoms with Crippen molar-refractivity contribution in [1.29, 1.82) is 0 Å². The van der Waals surface area contributed by atoms with E-state index < -0.39 is 16.8 Å². The Morgan fingerprint density at radius 1 is 1.60 bits per heavy atom. The molecule has 0 saturated heterocycles. The van der Waals surface area contributed by atoms with E-state index in [1.165, 1.54) is 6.07 Å². The molecule has 0 radical (unpaired) electrons. The van der Waals surface area contributed by atoms with E-state index in [1.807, 2.05) is 0 Å². The number of nitrogens with two attached hydrogens (primary N) is 1. The molecule has 80 valence electrons. The van der Waals surface area contributed by atoms with E-state index in [4.69, 9.17) is 10.5 Å². The Hall–Kier alpha value is -1.69. The van der Waals surface area contributed by atoms with Crippen molar-refractivity contribution in [1.82, 2.24) is 0 Å². The van der Waals surface area contributed by atoms with E-state index in [-0.39, 0.29) is 11.4 Å². The standard InChI is InChI=1S/C9H9FN2O3/c10-5-3-6-7(11)1-2-15-9(6)8(4-5)12(13)14/h3-4,7H,1-2,11H2/t7-/m1/s1. The number of nitro benzene ring substituents is 1. The largest absolute Gasteiger partial charge is 0.487 e. The molecular formula is C9H9FN2O3. The van der Waals surface area contributed by atoms with Gasteiger partial charge in [0.15, 0.2) is 0 Å². The zero-order valence-electron chi connectivity index (χ0n) is 7.77. The molecule has 0 amide bonds. The molecule has 0 unspecified atom stereocenters. The lowest BCUT2D eigenvalue weighted by molar-refractivity contribution is -0.386. The molecule has 1 aromatic carbocycles. The lowest BCUT2D eigenvalue weighted by atomic mass is 10.0. The van der Waals surface area contributed by atoms with Gasteiger partial charge in [0.25, 0.3) is 0 Å². The van der Waals surface area contributed by atoms with Crippen LogP contribution in [-0.4, -0.2) is 11.5 Å². The molecule has 0 aromatic heterocycles. The van der Waals surface area contributed by atoms with E-state index in [1.54, 1.807) is 0 Å². The third kappa shape index (κ3) is 1.63. The molecule has 1 atom stereocenters. The van der Waals surface area contributed by atoms with Crippen molar-refractivity contribution in [3.05, 3.63) is 33.6 Å². The Balaban J connectivity index is 2.62. The monoisotopic (exact) mass is 212 g/mol. The van der Waals surface area contributed by atoms with Crippen LogP contribution < -0.4 is 10.5 Å². The summed E-state index contributed by atoms with van der Waals surface area (Å²) in [5.74, 6) is -0.568. The molecule has 1 aliphatic heterocycles. The third-order valence-corrected chi connectivity index (χ3v) is 2.33. The van der Waals surface area contributed by atoms with E-state index in [9.17, 15) is 14.5 Å². The maximum absolute atomic E-state index is 13.1. The number of fused-ring (bicyclic) bond motifs is 1. The molecule has 15 heavy (non-hydrogen) atoms. The molecule has 1 aromatic rings. The summed E-state index contributed by atoms with van der Waals surface area (Å²) in [5, 5.41) is 10.6. The van der Waals surface area contributed by atoms with Gasteiger partial charge in [-0.2, -0.15) is 0 Å². The SMILES string of the molecule is N[C@@H]1CCOc2c1cc(F)cc2[N+](=O)[O-]. The van der Waals surface area contributed by atoms with Crippen molar-refractivity contribution in [3.63, 3.8) is 0 Å². The van der Waals surface area contributed by atoms with Gasteiger partial charge in [-0.1, -0.05) is 0 Å². The summed E-state index contributed by atoms with van der Waals surface area (Å²) in [7, 11) is 0. The van der Waals surface area contributed by atoms with Crippen LogP contribution in [0.2, 0.25) is 0 Å². The van der Waals surface area contributed by atoms with E-state index in [2.05, 4.69) is 0 Å². The van der Waals surface area contributed by atoms with Gasteiger partial charge in [-0.3, -0.25) is 10.1 Å². The Labute approximate surface area is 84.8 Å². The summed E-state index contributed by atoms with van der Waals surface area (Å²) in [6, 6.07) is 1.63.